The van der Waals surface area contributed by atoms with Crippen LogP contribution >= 0.6 is 0 Å². The average molecular weight is 485 g/mol. The molecule has 4 heterocycles. The van der Waals surface area contributed by atoms with E-state index in [1.165, 1.54) is 24.8 Å². The van der Waals surface area contributed by atoms with Crippen LogP contribution in [0.25, 0.3) is 0 Å². The van der Waals surface area contributed by atoms with Gasteiger partial charge in [0, 0.05) is 75.4 Å². The molecule has 4 aliphatic rings. The molecule has 6 atom stereocenters. The molecule has 7 nitrogen and oxygen atoms in total. The van der Waals surface area contributed by atoms with Gasteiger partial charge in [-0.15, -0.1) is 0 Å². The predicted octanol–water partition coefficient (Wildman–Crippen LogP) is 0.600. The van der Waals surface area contributed by atoms with E-state index >= 15 is 0 Å². The summed E-state index contributed by atoms with van der Waals surface area (Å²) in [6, 6.07) is 12.2. The minimum Gasteiger partial charge on any atom is -0.393 e. The van der Waals surface area contributed by atoms with Crippen molar-refractivity contribution in [3.05, 3.63) is 35.9 Å². The fourth-order valence-corrected chi connectivity index (χ4v) is 7.57. The smallest absolute Gasteiger partial charge is 0.0616 e. The summed E-state index contributed by atoms with van der Waals surface area (Å²) in [7, 11) is 4.32. The lowest BCUT2D eigenvalue weighted by atomic mass is 9.74. The summed E-state index contributed by atoms with van der Waals surface area (Å²) >= 11 is 0. The fourth-order valence-electron chi connectivity index (χ4n) is 7.57. The van der Waals surface area contributed by atoms with Crippen LogP contribution < -0.4 is 16.0 Å². The molecule has 0 radical (unpaired) electrons. The average Bonchev–Trinajstić information content (AvgIpc) is 3.22. The number of hydrogen-bond acceptors (Lipinski definition) is 7. The van der Waals surface area contributed by atoms with Crippen LogP contribution in [0.15, 0.2) is 30.3 Å². The van der Waals surface area contributed by atoms with E-state index in [0.29, 0.717) is 24.0 Å². The largest absolute Gasteiger partial charge is 0.393 e. The fraction of sp³-hybridized carbons (Fsp3) is 0.786. The topological polar surface area (TPSA) is 66.0 Å². The molecule has 2 bridgehead atoms. The van der Waals surface area contributed by atoms with Gasteiger partial charge in [0.2, 0.25) is 0 Å². The number of fused-ring (bicyclic) bond motifs is 2. The number of hydrogen-bond donors (Lipinski definition) is 4. The molecule has 5 rings (SSSR count). The molecule has 1 aromatic rings. The monoisotopic (exact) mass is 484 g/mol. The number of aliphatic hydroxyl groups excluding tert-OH is 1. The van der Waals surface area contributed by atoms with Crippen molar-refractivity contribution in [2.75, 3.05) is 73.0 Å². The predicted molar refractivity (Wildman–Crippen MR) is 143 cm³/mol. The lowest BCUT2D eigenvalue weighted by molar-refractivity contribution is -0.0494. The standard InChI is InChI=1S/C28H48N6O/c1-32(2)14-6-15-33-17-12-29-20-24(33)27-23-9-11-28(31-23,19-25(27)35)26-21-30-13-18-34(26)16-10-22-7-4-3-5-8-22/h3-5,7-8,23-27,29-31,35H,6,9-21H2,1-2H3. The number of nitrogens with one attached hydrogen (secondary N) is 3. The number of rotatable bonds is 9. The number of piperazine rings is 2. The number of aliphatic hydroxyl groups is 1. The molecular weight excluding hydrogens is 436 g/mol. The van der Waals surface area contributed by atoms with Crippen molar-refractivity contribution in [3.63, 3.8) is 0 Å². The molecule has 6 unspecified atom stereocenters. The Balaban J connectivity index is 1.25. The lowest BCUT2D eigenvalue weighted by Crippen LogP contribution is -2.72. The maximum Gasteiger partial charge on any atom is 0.0616 e. The van der Waals surface area contributed by atoms with Crippen LogP contribution in [-0.4, -0.2) is 123 Å². The van der Waals surface area contributed by atoms with Crippen LogP contribution in [-0.2, 0) is 6.42 Å². The van der Waals surface area contributed by atoms with Crippen molar-refractivity contribution < 1.29 is 5.11 Å². The molecule has 0 spiro atoms. The van der Waals surface area contributed by atoms with Gasteiger partial charge in [-0.1, -0.05) is 30.3 Å². The van der Waals surface area contributed by atoms with Crippen molar-refractivity contribution in [1.82, 2.24) is 30.7 Å². The third-order valence-electron chi connectivity index (χ3n) is 9.27. The maximum absolute atomic E-state index is 11.7. The minimum atomic E-state index is -0.233. The van der Waals surface area contributed by atoms with Gasteiger partial charge >= 0.3 is 0 Å². The van der Waals surface area contributed by atoms with Gasteiger partial charge in [0.15, 0.2) is 0 Å². The highest BCUT2D eigenvalue weighted by Gasteiger charge is 2.57. The van der Waals surface area contributed by atoms with E-state index < -0.39 is 0 Å². The van der Waals surface area contributed by atoms with Gasteiger partial charge in [0.05, 0.1) is 6.10 Å². The zero-order valence-electron chi connectivity index (χ0n) is 22.0. The van der Waals surface area contributed by atoms with E-state index in [9.17, 15) is 5.11 Å². The Kier molecular flexibility index (Phi) is 8.44. The molecule has 4 fully saturated rings. The molecule has 1 aromatic carbocycles. The summed E-state index contributed by atoms with van der Waals surface area (Å²) in [5.74, 6) is 0.312. The summed E-state index contributed by atoms with van der Waals surface area (Å²) in [6.07, 6.45) is 5.30. The molecule has 0 saturated carbocycles. The molecule has 35 heavy (non-hydrogen) atoms. The highest BCUT2D eigenvalue weighted by molar-refractivity contribution is 5.18. The Hall–Kier alpha value is -1.06. The number of benzene rings is 1. The third kappa shape index (κ3) is 5.77. The van der Waals surface area contributed by atoms with Crippen LogP contribution in [0.5, 0.6) is 0 Å². The quantitative estimate of drug-likeness (QED) is 0.409. The Morgan fingerprint density at radius 1 is 1.03 bits per heavy atom. The first-order valence-electron chi connectivity index (χ1n) is 14.1. The first-order chi connectivity index (χ1) is 17.1. The lowest BCUT2D eigenvalue weighted by Gasteiger charge is -2.54. The number of nitrogens with zero attached hydrogens (tertiary/aromatic N) is 3. The second kappa shape index (κ2) is 11.5. The van der Waals surface area contributed by atoms with Crippen LogP contribution in [0, 0.1) is 5.92 Å². The summed E-state index contributed by atoms with van der Waals surface area (Å²) in [4.78, 5) is 7.66. The summed E-state index contributed by atoms with van der Waals surface area (Å²) in [5.41, 5.74) is 1.45. The van der Waals surface area contributed by atoms with Gasteiger partial charge in [-0.3, -0.25) is 9.80 Å². The van der Waals surface area contributed by atoms with E-state index in [1.807, 2.05) is 0 Å². The van der Waals surface area contributed by atoms with Gasteiger partial charge in [-0.05, 0) is 64.9 Å². The Bertz CT molecular complexity index is 793. The first kappa shape index (κ1) is 25.6. The molecule has 0 aliphatic carbocycles. The Labute approximate surface area is 212 Å². The summed E-state index contributed by atoms with van der Waals surface area (Å²) < 4.78 is 0. The van der Waals surface area contributed by atoms with E-state index in [-0.39, 0.29) is 11.6 Å². The molecule has 4 aliphatic heterocycles. The molecule has 0 aromatic heterocycles. The molecule has 7 heteroatoms. The molecule has 4 saturated heterocycles. The zero-order chi connectivity index (χ0) is 24.3. The van der Waals surface area contributed by atoms with Gasteiger partial charge in [0.25, 0.3) is 0 Å². The van der Waals surface area contributed by atoms with Crippen molar-refractivity contribution in [2.45, 2.75) is 61.9 Å². The Morgan fingerprint density at radius 3 is 2.60 bits per heavy atom. The minimum absolute atomic E-state index is 0.0303. The van der Waals surface area contributed by atoms with E-state index in [2.05, 4.69) is 75.1 Å². The van der Waals surface area contributed by atoms with Gasteiger partial charge in [-0.2, -0.15) is 0 Å². The van der Waals surface area contributed by atoms with E-state index in [4.69, 9.17) is 0 Å². The van der Waals surface area contributed by atoms with Crippen LogP contribution in [0.3, 0.4) is 0 Å². The SMILES string of the molecule is CN(C)CCCN1CCNCC1C1C(O)CC2(C3CNCCN3CCc3ccccc3)CCC1N2. The first-order valence-corrected chi connectivity index (χ1v) is 14.1. The molecular formula is C28H48N6O. The van der Waals surface area contributed by atoms with Crippen LogP contribution in [0.1, 0.15) is 31.2 Å². The van der Waals surface area contributed by atoms with E-state index in [1.54, 1.807) is 0 Å². The second-order valence-corrected chi connectivity index (χ2v) is 11.8. The Morgan fingerprint density at radius 2 is 1.80 bits per heavy atom. The normalized spacial score (nSPS) is 36.6. The van der Waals surface area contributed by atoms with Crippen molar-refractivity contribution >= 4 is 0 Å². The summed E-state index contributed by atoms with van der Waals surface area (Å²) in [5, 5.41) is 23.2. The molecule has 196 valence electrons. The highest BCUT2D eigenvalue weighted by atomic mass is 16.3. The summed E-state index contributed by atoms with van der Waals surface area (Å²) in [6.45, 7) is 9.69. The highest BCUT2D eigenvalue weighted by Crippen LogP contribution is 2.44. The van der Waals surface area contributed by atoms with Gasteiger partial charge in [-0.25, -0.2) is 0 Å². The van der Waals surface area contributed by atoms with Crippen LogP contribution in [0.4, 0.5) is 0 Å². The third-order valence-corrected chi connectivity index (χ3v) is 9.27. The van der Waals surface area contributed by atoms with Crippen molar-refractivity contribution in [2.24, 2.45) is 5.92 Å². The van der Waals surface area contributed by atoms with Crippen molar-refractivity contribution in [1.29, 1.82) is 0 Å². The van der Waals surface area contributed by atoms with Crippen molar-refractivity contribution in [3.8, 4) is 0 Å². The second-order valence-electron chi connectivity index (χ2n) is 11.8. The van der Waals surface area contributed by atoms with E-state index in [0.717, 1.165) is 71.7 Å². The molecule has 4 N–H and O–H groups in total. The molecule has 0 amide bonds. The maximum atomic E-state index is 11.7. The van der Waals surface area contributed by atoms with Gasteiger partial charge in [0.1, 0.15) is 0 Å². The van der Waals surface area contributed by atoms with Gasteiger partial charge < -0.3 is 26.0 Å². The zero-order valence-corrected chi connectivity index (χ0v) is 22.0. The number of piperidine rings is 1. The van der Waals surface area contributed by atoms with Crippen LogP contribution in [0.2, 0.25) is 0 Å².